The Kier molecular flexibility index (Phi) is 1.76. The lowest BCUT2D eigenvalue weighted by Crippen LogP contribution is -2.07. The average molecular weight is 128 g/mol. The van der Waals surface area contributed by atoms with Crippen molar-refractivity contribution < 1.29 is 22.4 Å². The van der Waals surface area contributed by atoms with E-state index in [2.05, 4.69) is 0 Å². The minimum absolute atomic E-state index is 0.0799. The van der Waals surface area contributed by atoms with E-state index >= 15 is 0 Å². The molecule has 0 aliphatic carbocycles. The summed E-state index contributed by atoms with van der Waals surface area (Å²) in [5.74, 6) is -2.64. The van der Waals surface area contributed by atoms with Crippen LogP contribution in [-0.2, 0) is 4.79 Å². The van der Waals surface area contributed by atoms with E-state index in [9.17, 15) is 17.6 Å². The third-order valence-electron chi connectivity index (χ3n) is 0.338. The van der Waals surface area contributed by atoms with Crippen LogP contribution in [0.25, 0.3) is 0 Å². The Balaban J connectivity index is 4.26. The van der Waals surface area contributed by atoms with Gasteiger partial charge in [-0.3, -0.25) is 0 Å². The smallest absolute Gasteiger partial charge is 0.230 e. The van der Waals surface area contributed by atoms with Gasteiger partial charge in [-0.15, -0.1) is 0 Å². The van der Waals surface area contributed by atoms with E-state index in [1.165, 1.54) is 0 Å². The summed E-state index contributed by atoms with van der Waals surface area (Å²) in [4.78, 5) is 8.89. The van der Waals surface area contributed by atoms with Crippen LogP contribution >= 0.6 is 0 Å². The fourth-order valence-electron chi connectivity index (χ4n) is 0.0579. The van der Waals surface area contributed by atoms with Crippen molar-refractivity contribution in [2.24, 2.45) is 0 Å². The monoisotopic (exact) mass is 128 g/mol. The average Bonchev–Trinajstić information content (AvgIpc) is 1.62. The molecule has 0 bridgehead atoms. The van der Waals surface area contributed by atoms with Crippen LogP contribution in [-0.4, -0.2) is 12.1 Å². The Labute approximate surface area is 41.6 Å². The van der Waals surface area contributed by atoms with Crippen LogP contribution in [0.5, 0.6) is 0 Å². The van der Waals surface area contributed by atoms with E-state index in [1.54, 1.807) is 0 Å². The van der Waals surface area contributed by atoms with E-state index in [-0.39, 0.29) is 5.94 Å². The number of hydrogen-bond acceptors (Lipinski definition) is 1. The van der Waals surface area contributed by atoms with E-state index in [0.717, 1.165) is 0 Å². The lowest BCUT2D eigenvalue weighted by molar-refractivity contribution is -0.107. The van der Waals surface area contributed by atoms with Gasteiger partial charge in [-0.25, -0.2) is 4.79 Å². The zero-order valence-corrected chi connectivity index (χ0v) is 3.42. The summed E-state index contributed by atoms with van der Waals surface area (Å²) in [5, 5.41) is 0. The van der Waals surface area contributed by atoms with E-state index < -0.39 is 12.0 Å². The molecule has 0 unspecified atom stereocenters. The molecule has 0 saturated heterocycles. The standard InChI is InChI=1S/C3F4O/c4-2(1-8)3(5,6)7. The number of carbonyl (C=O) groups excluding carboxylic acids is 1. The Morgan fingerprint density at radius 2 is 1.75 bits per heavy atom. The second-order valence-electron chi connectivity index (χ2n) is 0.914. The predicted molar refractivity (Wildman–Crippen MR) is 16.4 cm³/mol. The van der Waals surface area contributed by atoms with Crippen LogP contribution in [0.4, 0.5) is 17.6 Å². The van der Waals surface area contributed by atoms with Crippen LogP contribution in [0.3, 0.4) is 0 Å². The number of hydrogen-bond donors (Lipinski definition) is 0. The van der Waals surface area contributed by atoms with Gasteiger partial charge in [0.2, 0.25) is 0 Å². The molecule has 0 aromatic carbocycles. The maximum Gasteiger partial charge on any atom is 0.454 e. The Bertz CT molecular complexity index is 129. The molecule has 46 valence electrons. The number of halogens is 4. The van der Waals surface area contributed by atoms with Crippen molar-refractivity contribution in [3.05, 3.63) is 5.83 Å². The normalized spacial score (nSPS) is 10.5. The van der Waals surface area contributed by atoms with Crippen molar-refractivity contribution in [2.45, 2.75) is 6.18 Å². The summed E-state index contributed by atoms with van der Waals surface area (Å²) in [7, 11) is 0. The summed E-state index contributed by atoms with van der Waals surface area (Å²) >= 11 is 0. The van der Waals surface area contributed by atoms with E-state index in [4.69, 9.17) is 4.79 Å². The molecule has 0 rings (SSSR count). The van der Waals surface area contributed by atoms with Gasteiger partial charge in [-0.1, -0.05) is 0 Å². The SMILES string of the molecule is O=C=C(F)C(F)(F)F. The van der Waals surface area contributed by atoms with Crippen LogP contribution < -0.4 is 0 Å². The first-order chi connectivity index (χ1) is 3.48. The third-order valence-corrected chi connectivity index (χ3v) is 0.338. The van der Waals surface area contributed by atoms with Crippen LogP contribution in [0.2, 0.25) is 0 Å². The summed E-state index contributed by atoms with van der Waals surface area (Å²) in [6.45, 7) is 0. The van der Waals surface area contributed by atoms with Crippen molar-refractivity contribution >= 4 is 5.94 Å². The molecule has 0 aliphatic rings. The molecule has 5 heteroatoms. The van der Waals surface area contributed by atoms with Crippen LogP contribution in [0, 0.1) is 0 Å². The maximum atomic E-state index is 11.0. The van der Waals surface area contributed by atoms with Gasteiger partial charge in [0.05, 0.1) is 0 Å². The topological polar surface area (TPSA) is 17.1 Å². The lowest BCUT2D eigenvalue weighted by Gasteiger charge is -1.95. The quantitative estimate of drug-likeness (QED) is 0.354. The van der Waals surface area contributed by atoms with Gasteiger partial charge in [-0.2, -0.15) is 17.6 Å². The third kappa shape index (κ3) is 1.75. The Hall–Kier alpha value is -0.830. The fourth-order valence-corrected chi connectivity index (χ4v) is 0.0579. The van der Waals surface area contributed by atoms with E-state index in [1.807, 2.05) is 0 Å². The highest BCUT2D eigenvalue weighted by Gasteiger charge is 2.35. The van der Waals surface area contributed by atoms with Gasteiger partial charge < -0.3 is 0 Å². The molecule has 0 heterocycles. The molecule has 0 atom stereocenters. The minimum Gasteiger partial charge on any atom is -0.230 e. The summed E-state index contributed by atoms with van der Waals surface area (Å²) < 4.78 is 43.3. The van der Waals surface area contributed by atoms with Gasteiger partial charge in [-0.05, 0) is 0 Å². The van der Waals surface area contributed by atoms with Gasteiger partial charge in [0.15, 0.2) is 5.94 Å². The first kappa shape index (κ1) is 7.17. The van der Waals surface area contributed by atoms with Crippen molar-refractivity contribution in [1.82, 2.24) is 0 Å². The fraction of sp³-hybridized carbons (Fsp3) is 0.333. The Morgan fingerprint density at radius 1 is 1.38 bits per heavy atom. The molecule has 0 aliphatic heterocycles. The second-order valence-corrected chi connectivity index (χ2v) is 0.914. The molecule has 0 aromatic rings. The molecule has 0 amide bonds. The first-order valence-corrected chi connectivity index (χ1v) is 1.46. The van der Waals surface area contributed by atoms with Gasteiger partial charge in [0.1, 0.15) is 0 Å². The summed E-state index contributed by atoms with van der Waals surface area (Å²) in [6.07, 6.45) is -5.16. The highest BCUT2D eigenvalue weighted by molar-refractivity contribution is 5.50. The minimum atomic E-state index is -5.16. The zero-order valence-electron chi connectivity index (χ0n) is 3.42. The first-order valence-electron chi connectivity index (χ1n) is 1.46. The summed E-state index contributed by atoms with van der Waals surface area (Å²) in [6, 6.07) is 0. The molecule has 0 N–H and O–H groups in total. The second kappa shape index (κ2) is 1.96. The molecule has 1 nitrogen and oxygen atoms in total. The predicted octanol–water partition coefficient (Wildman–Crippen LogP) is 1.23. The zero-order chi connectivity index (χ0) is 6.78. The van der Waals surface area contributed by atoms with Crippen molar-refractivity contribution in [1.29, 1.82) is 0 Å². The molecule has 0 radical (unpaired) electrons. The number of rotatable bonds is 0. The largest absolute Gasteiger partial charge is 0.454 e. The Morgan fingerprint density at radius 3 is 1.75 bits per heavy atom. The highest BCUT2D eigenvalue weighted by Crippen LogP contribution is 2.23. The van der Waals surface area contributed by atoms with Gasteiger partial charge in [0.25, 0.3) is 5.83 Å². The van der Waals surface area contributed by atoms with Gasteiger partial charge in [0, 0.05) is 0 Å². The van der Waals surface area contributed by atoms with Crippen LogP contribution in [0.1, 0.15) is 0 Å². The van der Waals surface area contributed by atoms with Gasteiger partial charge >= 0.3 is 6.18 Å². The number of alkyl halides is 3. The molecule has 0 saturated carbocycles. The van der Waals surface area contributed by atoms with E-state index in [0.29, 0.717) is 0 Å². The van der Waals surface area contributed by atoms with Crippen molar-refractivity contribution in [3.63, 3.8) is 0 Å². The molecule has 8 heavy (non-hydrogen) atoms. The maximum absolute atomic E-state index is 11.0. The summed E-state index contributed by atoms with van der Waals surface area (Å²) in [5.41, 5.74) is 0. The van der Waals surface area contributed by atoms with Crippen molar-refractivity contribution in [2.75, 3.05) is 0 Å². The molecule has 0 spiro atoms. The molecular formula is C3F4O. The highest BCUT2D eigenvalue weighted by atomic mass is 19.4. The van der Waals surface area contributed by atoms with Crippen molar-refractivity contribution in [3.8, 4) is 0 Å². The lowest BCUT2D eigenvalue weighted by atomic mass is 10.6. The molecular weight excluding hydrogens is 128 g/mol. The molecule has 0 fully saturated rings. The number of allylic oxidation sites excluding steroid dienone is 1. The van der Waals surface area contributed by atoms with Crippen LogP contribution in [0.15, 0.2) is 5.83 Å². The molecule has 0 aromatic heterocycles.